The number of halogens is 1. The van der Waals surface area contributed by atoms with Gasteiger partial charge in [0.2, 0.25) is 5.95 Å². The maximum Gasteiger partial charge on any atom is 0.283 e. The highest BCUT2D eigenvalue weighted by molar-refractivity contribution is 7.92. The van der Waals surface area contributed by atoms with Crippen molar-refractivity contribution < 1.29 is 8.42 Å². The first kappa shape index (κ1) is 11.8. The van der Waals surface area contributed by atoms with Gasteiger partial charge in [-0.05, 0) is 6.07 Å². The third kappa shape index (κ3) is 2.71. The molecule has 0 unspecified atom stereocenters. The van der Waals surface area contributed by atoms with Gasteiger partial charge in [-0.25, -0.2) is 19.7 Å². The number of anilines is 1. The molecule has 9 heteroatoms. The van der Waals surface area contributed by atoms with Crippen LogP contribution in [0.1, 0.15) is 0 Å². The highest BCUT2D eigenvalue weighted by Gasteiger charge is 2.18. The van der Waals surface area contributed by atoms with Gasteiger partial charge >= 0.3 is 0 Å². The summed E-state index contributed by atoms with van der Waals surface area (Å²) in [5, 5.41) is 0.0438. The number of aromatic nitrogens is 4. The Morgan fingerprint density at radius 2 is 2.18 bits per heavy atom. The minimum absolute atomic E-state index is 0.0943. The summed E-state index contributed by atoms with van der Waals surface area (Å²) < 4.78 is 27.3. The van der Waals surface area contributed by atoms with E-state index in [9.17, 15) is 8.42 Å². The summed E-state index contributed by atoms with van der Waals surface area (Å²) in [5.41, 5.74) is 0. The van der Waals surface area contributed by atoms with Crippen molar-refractivity contribution in [3.63, 3.8) is 0 Å². The lowest BCUT2D eigenvalue weighted by molar-refractivity contribution is 0.597. The molecule has 0 fully saturated rings. The van der Waals surface area contributed by atoms with E-state index < -0.39 is 10.0 Å². The van der Waals surface area contributed by atoms with E-state index >= 15 is 0 Å². The maximum atomic E-state index is 11.8. The monoisotopic (exact) mass is 273 g/mol. The molecule has 2 aromatic heterocycles. The summed E-state index contributed by atoms with van der Waals surface area (Å²) in [5.74, 6) is -0.0943. The maximum absolute atomic E-state index is 11.8. The van der Waals surface area contributed by atoms with Crippen LogP contribution in [0.4, 0.5) is 5.95 Å². The molecule has 2 heterocycles. The lowest BCUT2D eigenvalue weighted by Gasteiger charge is -2.03. The van der Waals surface area contributed by atoms with Crippen molar-refractivity contribution in [1.29, 1.82) is 0 Å². The smallest absolute Gasteiger partial charge is 0.283 e. The summed E-state index contributed by atoms with van der Waals surface area (Å²) >= 11 is 5.62. The number of aryl methyl sites for hydroxylation is 1. The first-order valence-electron chi connectivity index (χ1n) is 4.47. The van der Waals surface area contributed by atoms with Gasteiger partial charge in [-0.15, -0.1) is 0 Å². The Kier molecular flexibility index (Phi) is 2.99. The zero-order valence-corrected chi connectivity index (χ0v) is 10.3. The van der Waals surface area contributed by atoms with E-state index in [2.05, 4.69) is 19.7 Å². The quantitative estimate of drug-likeness (QED) is 0.830. The van der Waals surface area contributed by atoms with Crippen molar-refractivity contribution >= 4 is 27.6 Å². The van der Waals surface area contributed by atoms with Gasteiger partial charge in [0, 0.05) is 19.4 Å². The number of nitrogens with zero attached hydrogens (tertiary/aromatic N) is 4. The zero-order valence-electron chi connectivity index (χ0n) is 8.70. The molecule has 0 spiro atoms. The van der Waals surface area contributed by atoms with E-state index in [-0.39, 0.29) is 16.1 Å². The highest BCUT2D eigenvalue weighted by atomic mass is 35.5. The molecule has 1 N–H and O–H groups in total. The van der Waals surface area contributed by atoms with E-state index in [4.69, 9.17) is 11.6 Å². The van der Waals surface area contributed by atoms with Crippen molar-refractivity contribution in [3.05, 3.63) is 29.9 Å². The van der Waals surface area contributed by atoms with Gasteiger partial charge in [0.1, 0.15) is 5.15 Å². The Morgan fingerprint density at radius 1 is 1.41 bits per heavy atom. The fraction of sp³-hybridized carbons (Fsp3) is 0.125. The molecule has 0 saturated carbocycles. The predicted octanol–water partition coefficient (Wildman–Crippen LogP) is 0.664. The van der Waals surface area contributed by atoms with Crippen LogP contribution in [-0.2, 0) is 17.1 Å². The van der Waals surface area contributed by atoms with Crippen LogP contribution < -0.4 is 4.72 Å². The normalized spacial score (nSPS) is 11.4. The first-order chi connectivity index (χ1) is 7.97. The van der Waals surface area contributed by atoms with E-state index in [0.717, 1.165) is 0 Å². The molecule has 2 rings (SSSR count). The van der Waals surface area contributed by atoms with Gasteiger partial charge in [-0.3, -0.25) is 0 Å². The van der Waals surface area contributed by atoms with Crippen LogP contribution in [0.15, 0.2) is 29.8 Å². The molecule has 0 saturated heterocycles. The Hall–Kier alpha value is -1.67. The Balaban J connectivity index is 2.29. The van der Waals surface area contributed by atoms with Crippen molar-refractivity contribution in [3.8, 4) is 0 Å². The van der Waals surface area contributed by atoms with Crippen LogP contribution in [0.25, 0.3) is 0 Å². The van der Waals surface area contributed by atoms with Crippen molar-refractivity contribution in [2.75, 3.05) is 4.72 Å². The van der Waals surface area contributed by atoms with Crippen LogP contribution in [0, 0.1) is 0 Å². The number of hydrogen-bond donors (Lipinski definition) is 1. The van der Waals surface area contributed by atoms with Gasteiger partial charge in [0.25, 0.3) is 10.0 Å². The van der Waals surface area contributed by atoms with E-state index in [1.54, 1.807) is 7.05 Å². The highest BCUT2D eigenvalue weighted by Crippen LogP contribution is 2.11. The van der Waals surface area contributed by atoms with Gasteiger partial charge < -0.3 is 4.57 Å². The lowest BCUT2D eigenvalue weighted by atomic mass is 10.7. The Morgan fingerprint density at radius 3 is 2.76 bits per heavy atom. The van der Waals surface area contributed by atoms with Gasteiger partial charge in [0.15, 0.2) is 5.03 Å². The third-order valence-corrected chi connectivity index (χ3v) is 3.23. The van der Waals surface area contributed by atoms with Crippen LogP contribution in [0.3, 0.4) is 0 Å². The van der Waals surface area contributed by atoms with Crippen molar-refractivity contribution in [2.45, 2.75) is 5.03 Å². The van der Waals surface area contributed by atoms with E-state index in [0.29, 0.717) is 0 Å². The third-order valence-electron chi connectivity index (χ3n) is 1.80. The molecule has 0 aliphatic heterocycles. The van der Waals surface area contributed by atoms with Crippen LogP contribution in [0.2, 0.25) is 5.15 Å². The fourth-order valence-corrected chi connectivity index (χ4v) is 2.16. The minimum atomic E-state index is -3.77. The number of sulfonamides is 1. The molecule has 0 atom stereocenters. The topological polar surface area (TPSA) is 89.8 Å². The Bertz CT molecular complexity index is 639. The molecular formula is C8H8ClN5O2S. The minimum Gasteiger partial charge on any atom is -0.339 e. The molecule has 17 heavy (non-hydrogen) atoms. The second kappa shape index (κ2) is 4.30. The van der Waals surface area contributed by atoms with Crippen LogP contribution >= 0.6 is 11.6 Å². The fourth-order valence-electron chi connectivity index (χ4n) is 1.09. The predicted molar refractivity (Wildman–Crippen MR) is 61.1 cm³/mol. The molecule has 0 aliphatic rings. The van der Waals surface area contributed by atoms with Gasteiger partial charge in [-0.1, -0.05) is 11.6 Å². The number of hydrogen-bond acceptors (Lipinski definition) is 5. The first-order valence-corrected chi connectivity index (χ1v) is 6.33. The largest absolute Gasteiger partial charge is 0.339 e. The summed E-state index contributed by atoms with van der Waals surface area (Å²) in [6.07, 6.45) is 4.10. The molecule has 0 radical (unpaired) electrons. The molecule has 0 bridgehead atoms. The van der Waals surface area contributed by atoms with E-state index in [1.165, 1.54) is 29.4 Å². The summed E-state index contributed by atoms with van der Waals surface area (Å²) in [6.45, 7) is 0. The molecular weight excluding hydrogens is 266 g/mol. The molecule has 7 nitrogen and oxygen atoms in total. The second-order valence-corrected chi connectivity index (χ2v) is 5.20. The average Bonchev–Trinajstić information content (AvgIpc) is 2.65. The molecule has 0 aliphatic carbocycles. The number of imidazole rings is 1. The molecule has 2 aromatic rings. The molecule has 0 amide bonds. The number of nitrogens with one attached hydrogen (secondary N) is 1. The van der Waals surface area contributed by atoms with E-state index in [1.807, 2.05) is 0 Å². The number of rotatable bonds is 3. The van der Waals surface area contributed by atoms with Crippen LogP contribution in [0.5, 0.6) is 0 Å². The van der Waals surface area contributed by atoms with Crippen molar-refractivity contribution in [2.24, 2.45) is 7.05 Å². The standard InChI is InChI=1S/C8H8ClN5O2S/c1-14-4-7(11-5-14)17(15,16)13-8-10-3-2-6(9)12-8/h2-5H,1H3,(H,10,12,13). The summed E-state index contributed by atoms with van der Waals surface area (Å²) in [6, 6.07) is 1.44. The van der Waals surface area contributed by atoms with Crippen molar-refractivity contribution in [1.82, 2.24) is 19.5 Å². The molecule has 90 valence electrons. The average molecular weight is 274 g/mol. The molecule has 0 aromatic carbocycles. The summed E-state index contributed by atoms with van der Waals surface area (Å²) in [4.78, 5) is 11.2. The SMILES string of the molecule is Cn1cnc(S(=O)(=O)Nc2nccc(Cl)n2)c1. The zero-order chi connectivity index (χ0) is 12.5. The van der Waals surface area contributed by atoms with Gasteiger partial charge in [-0.2, -0.15) is 8.42 Å². The van der Waals surface area contributed by atoms with Gasteiger partial charge in [0.05, 0.1) is 6.33 Å². The summed E-state index contributed by atoms with van der Waals surface area (Å²) in [7, 11) is -2.11. The second-order valence-electron chi connectivity index (χ2n) is 3.19. The van der Waals surface area contributed by atoms with Crippen LogP contribution in [-0.4, -0.2) is 27.9 Å². The Labute approximate surface area is 103 Å². The lowest BCUT2D eigenvalue weighted by Crippen LogP contribution is -2.15.